The average Bonchev–Trinajstić information content (AvgIpc) is 3.16. The van der Waals surface area contributed by atoms with E-state index in [1.165, 1.54) is 6.07 Å². The number of esters is 1. The Labute approximate surface area is 152 Å². The minimum absolute atomic E-state index is 0.0263. The first-order valence-corrected chi connectivity index (χ1v) is 8.86. The molecule has 0 aliphatic heterocycles. The van der Waals surface area contributed by atoms with Crippen molar-refractivity contribution < 1.29 is 14.5 Å². The molecule has 1 saturated carbocycles. The molecule has 6 nitrogen and oxygen atoms in total. The Bertz CT molecular complexity index is 757. The predicted octanol–water partition coefficient (Wildman–Crippen LogP) is 3.91. The van der Waals surface area contributed by atoms with E-state index in [0.29, 0.717) is 5.56 Å². The number of nitrogens with zero attached hydrogens (tertiary/aromatic N) is 1. The van der Waals surface area contributed by atoms with Crippen molar-refractivity contribution in [2.75, 3.05) is 0 Å². The van der Waals surface area contributed by atoms with Gasteiger partial charge in [-0.3, -0.25) is 15.4 Å². The zero-order valence-corrected chi connectivity index (χ0v) is 14.5. The lowest BCUT2D eigenvalue weighted by Gasteiger charge is -2.20. The van der Waals surface area contributed by atoms with Gasteiger partial charge in [0.05, 0.1) is 4.92 Å². The molecule has 6 heteroatoms. The number of benzene rings is 2. The van der Waals surface area contributed by atoms with Gasteiger partial charge in [0.1, 0.15) is 12.1 Å². The van der Waals surface area contributed by atoms with E-state index in [0.717, 1.165) is 31.2 Å². The number of hydrogen-bond donors (Lipinski definition) is 1. The molecule has 0 aromatic heterocycles. The fourth-order valence-electron chi connectivity index (χ4n) is 3.27. The molecule has 1 aliphatic rings. The third-order valence-corrected chi connectivity index (χ3v) is 4.64. The summed E-state index contributed by atoms with van der Waals surface area (Å²) in [7, 11) is 0. The highest BCUT2D eigenvalue weighted by molar-refractivity contribution is 5.77. The van der Waals surface area contributed by atoms with Gasteiger partial charge in [0, 0.05) is 18.2 Å². The van der Waals surface area contributed by atoms with Crippen LogP contribution >= 0.6 is 0 Å². The molecule has 1 aliphatic carbocycles. The van der Waals surface area contributed by atoms with Crippen molar-refractivity contribution in [1.82, 2.24) is 5.32 Å². The Morgan fingerprint density at radius 3 is 2.46 bits per heavy atom. The second kappa shape index (κ2) is 8.58. The first-order valence-electron chi connectivity index (χ1n) is 8.86. The van der Waals surface area contributed by atoms with Gasteiger partial charge in [-0.15, -0.1) is 0 Å². The molecule has 0 amide bonds. The molecule has 136 valence electrons. The number of para-hydroxylation sites is 1. The minimum atomic E-state index is -0.656. The monoisotopic (exact) mass is 354 g/mol. The van der Waals surface area contributed by atoms with E-state index in [2.05, 4.69) is 5.32 Å². The summed E-state index contributed by atoms with van der Waals surface area (Å²) in [5, 5.41) is 14.3. The van der Waals surface area contributed by atoms with Crippen molar-refractivity contribution in [3.05, 3.63) is 75.8 Å². The summed E-state index contributed by atoms with van der Waals surface area (Å²) in [5.74, 6) is -0.332. The first kappa shape index (κ1) is 18.1. The van der Waals surface area contributed by atoms with Crippen LogP contribution in [0.1, 0.15) is 42.9 Å². The molecule has 3 rings (SSSR count). The van der Waals surface area contributed by atoms with Crippen molar-refractivity contribution in [3.8, 4) is 0 Å². The van der Waals surface area contributed by atoms with E-state index >= 15 is 0 Å². The topological polar surface area (TPSA) is 81.5 Å². The lowest BCUT2D eigenvalue weighted by atomic mass is 10.1. The van der Waals surface area contributed by atoms with Crippen LogP contribution in [0.4, 0.5) is 5.69 Å². The number of rotatable bonds is 7. The fraction of sp³-hybridized carbons (Fsp3) is 0.350. The minimum Gasteiger partial charge on any atom is -0.461 e. The second-order valence-electron chi connectivity index (χ2n) is 6.45. The summed E-state index contributed by atoms with van der Waals surface area (Å²) in [6, 6.07) is 15.2. The summed E-state index contributed by atoms with van der Waals surface area (Å²) in [6.07, 6.45) is 3.94. The number of ether oxygens (including phenoxy) is 1. The van der Waals surface area contributed by atoms with E-state index in [1.54, 1.807) is 18.2 Å². The Hall–Kier alpha value is -2.73. The third-order valence-electron chi connectivity index (χ3n) is 4.64. The lowest BCUT2D eigenvalue weighted by molar-refractivity contribution is -0.385. The molecule has 2 aromatic carbocycles. The van der Waals surface area contributed by atoms with Crippen LogP contribution in [0.3, 0.4) is 0 Å². The molecule has 0 bridgehead atoms. The molecule has 1 atom stereocenters. The average molecular weight is 354 g/mol. The van der Waals surface area contributed by atoms with Crippen LogP contribution in [0.25, 0.3) is 0 Å². The van der Waals surface area contributed by atoms with Crippen molar-refractivity contribution >= 4 is 11.7 Å². The molecule has 1 N–H and O–H groups in total. The standard InChI is InChI=1S/C20H22N2O4/c23-20(26-17-11-5-6-12-17)19(15-8-2-1-3-9-15)21-14-16-10-4-7-13-18(16)22(24)25/h1-4,7-10,13,17,19,21H,5-6,11-12,14H2. The van der Waals surface area contributed by atoms with E-state index in [9.17, 15) is 14.9 Å². The van der Waals surface area contributed by atoms with Crippen molar-refractivity contribution in [3.63, 3.8) is 0 Å². The highest BCUT2D eigenvalue weighted by atomic mass is 16.6. The smallest absolute Gasteiger partial charge is 0.328 e. The fourth-order valence-corrected chi connectivity index (χ4v) is 3.27. The van der Waals surface area contributed by atoms with Gasteiger partial charge in [0.25, 0.3) is 5.69 Å². The summed E-state index contributed by atoms with van der Waals surface area (Å²) in [6.45, 7) is 0.205. The molecule has 0 spiro atoms. The van der Waals surface area contributed by atoms with Crippen LogP contribution in [0.2, 0.25) is 0 Å². The van der Waals surface area contributed by atoms with E-state index in [1.807, 2.05) is 30.3 Å². The van der Waals surface area contributed by atoms with E-state index < -0.39 is 11.0 Å². The number of carbonyl (C=O) groups is 1. The number of nitro groups is 1. The number of nitrogens with one attached hydrogen (secondary N) is 1. The van der Waals surface area contributed by atoms with Crippen LogP contribution in [0, 0.1) is 10.1 Å². The maximum absolute atomic E-state index is 12.7. The van der Waals surface area contributed by atoms with Gasteiger partial charge < -0.3 is 4.74 Å². The van der Waals surface area contributed by atoms with Gasteiger partial charge >= 0.3 is 5.97 Å². The summed E-state index contributed by atoms with van der Waals surface area (Å²) in [4.78, 5) is 23.5. The van der Waals surface area contributed by atoms with Crippen molar-refractivity contribution in [2.45, 2.75) is 44.4 Å². The molecule has 0 saturated heterocycles. The first-order chi connectivity index (χ1) is 12.6. The zero-order chi connectivity index (χ0) is 18.4. The molecular weight excluding hydrogens is 332 g/mol. The SMILES string of the molecule is O=C(OC1CCCC1)C(NCc1ccccc1[N+](=O)[O-])c1ccccc1. The zero-order valence-electron chi connectivity index (χ0n) is 14.5. The molecule has 2 aromatic rings. The number of nitro benzene ring substituents is 1. The van der Waals surface area contributed by atoms with Crippen LogP contribution in [0.5, 0.6) is 0 Å². The predicted molar refractivity (Wildman–Crippen MR) is 97.5 cm³/mol. The third kappa shape index (κ3) is 4.46. The molecular formula is C20H22N2O4. The van der Waals surface area contributed by atoms with Gasteiger partial charge in [-0.05, 0) is 31.2 Å². The van der Waals surface area contributed by atoms with Gasteiger partial charge in [-0.2, -0.15) is 0 Å². The maximum atomic E-state index is 12.7. The Balaban J connectivity index is 1.76. The Kier molecular flexibility index (Phi) is 5.96. The van der Waals surface area contributed by atoms with Crippen LogP contribution in [-0.4, -0.2) is 17.0 Å². The van der Waals surface area contributed by atoms with Crippen molar-refractivity contribution in [1.29, 1.82) is 0 Å². The molecule has 26 heavy (non-hydrogen) atoms. The summed E-state index contributed by atoms with van der Waals surface area (Å²) < 4.78 is 5.66. The Morgan fingerprint density at radius 1 is 1.12 bits per heavy atom. The highest BCUT2D eigenvalue weighted by Crippen LogP contribution is 2.25. The summed E-state index contributed by atoms with van der Waals surface area (Å²) in [5.41, 5.74) is 1.36. The maximum Gasteiger partial charge on any atom is 0.328 e. The molecule has 1 fully saturated rings. The Morgan fingerprint density at radius 2 is 1.77 bits per heavy atom. The van der Waals surface area contributed by atoms with Crippen LogP contribution in [0.15, 0.2) is 54.6 Å². The van der Waals surface area contributed by atoms with E-state index in [-0.39, 0.29) is 24.3 Å². The quantitative estimate of drug-likeness (QED) is 0.463. The van der Waals surface area contributed by atoms with Gasteiger partial charge in [-0.25, -0.2) is 4.79 Å². The highest BCUT2D eigenvalue weighted by Gasteiger charge is 2.27. The lowest BCUT2D eigenvalue weighted by Crippen LogP contribution is -2.32. The van der Waals surface area contributed by atoms with E-state index in [4.69, 9.17) is 4.74 Å². The van der Waals surface area contributed by atoms with Crippen molar-refractivity contribution in [2.24, 2.45) is 0 Å². The molecule has 0 radical (unpaired) electrons. The second-order valence-corrected chi connectivity index (χ2v) is 6.45. The molecule has 0 heterocycles. The van der Waals surface area contributed by atoms with Crippen LogP contribution in [-0.2, 0) is 16.1 Å². The van der Waals surface area contributed by atoms with Gasteiger partial charge in [0.15, 0.2) is 0 Å². The van der Waals surface area contributed by atoms with Gasteiger partial charge in [0.2, 0.25) is 0 Å². The van der Waals surface area contributed by atoms with Gasteiger partial charge in [-0.1, -0.05) is 48.5 Å². The normalized spacial score (nSPS) is 15.5. The summed E-state index contributed by atoms with van der Waals surface area (Å²) >= 11 is 0. The number of hydrogen-bond acceptors (Lipinski definition) is 5. The largest absolute Gasteiger partial charge is 0.461 e. The number of carbonyl (C=O) groups excluding carboxylic acids is 1. The van der Waals surface area contributed by atoms with Crippen LogP contribution < -0.4 is 5.32 Å². The molecule has 1 unspecified atom stereocenters.